The summed E-state index contributed by atoms with van der Waals surface area (Å²) in [5.74, 6) is -0.323. The van der Waals surface area contributed by atoms with E-state index in [1.54, 1.807) is 0 Å². The van der Waals surface area contributed by atoms with Gasteiger partial charge >= 0.3 is 5.63 Å². The molecule has 23 heavy (non-hydrogen) atoms. The van der Waals surface area contributed by atoms with Crippen LogP contribution in [-0.2, 0) is 6.42 Å². The minimum atomic E-state index is -0.524. The first-order valence-electron chi connectivity index (χ1n) is 7.45. The van der Waals surface area contributed by atoms with E-state index in [4.69, 9.17) is 4.52 Å². The summed E-state index contributed by atoms with van der Waals surface area (Å²) >= 11 is 0. The van der Waals surface area contributed by atoms with Gasteiger partial charge in [0.15, 0.2) is 0 Å². The first-order chi connectivity index (χ1) is 11.1. The molecule has 118 valence electrons. The second-order valence-corrected chi connectivity index (χ2v) is 4.96. The Kier molecular flexibility index (Phi) is 5.69. The number of carbonyl (C=O) groups excluding carboxylic acids is 1. The third-order valence-corrected chi connectivity index (χ3v) is 3.26. The van der Waals surface area contributed by atoms with Crippen LogP contribution < -0.4 is 5.63 Å². The highest BCUT2D eigenvalue weighted by Gasteiger charge is 2.11. The van der Waals surface area contributed by atoms with Crippen LogP contribution in [0.1, 0.15) is 24.2 Å². The van der Waals surface area contributed by atoms with Crippen molar-refractivity contribution in [3.8, 4) is 11.3 Å². The Bertz CT molecular complexity index is 801. The van der Waals surface area contributed by atoms with Crippen molar-refractivity contribution in [3.05, 3.63) is 82.7 Å². The van der Waals surface area contributed by atoms with E-state index in [0.29, 0.717) is 5.69 Å². The van der Waals surface area contributed by atoms with Gasteiger partial charge in [-0.15, -0.1) is 4.74 Å². The van der Waals surface area contributed by atoms with Gasteiger partial charge in [0, 0.05) is 12.5 Å². The molecule has 0 fully saturated rings. The largest absolute Gasteiger partial charge is 0.358 e. The predicted octanol–water partition coefficient (Wildman–Crippen LogP) is 4.02. The van der Waals surface area contributed by atoms with Crippen molar-refractivity contribution in [2.24, 2.45) is 0 Å². The molecule has 1 heterocycles. The van der Waals surface area contributed by atoms with Gasteiger partial charge in [-0.05, 0) is 12.0 Å². The summed E-state index contributed by atoms with van der Waals surface area (Å²) in [6, 6.07) is 20.9. The molecule has 0 atom stereocenters. The molecule has 0 aliphatic carbocycles. The molecule has 1 aromatic heterocycles. The second kappa shape index (κ2) is 7.94. The fourth-order valence-electron chi connectivity index (χ4n) is 2.09. The van der Waals surface area contributed by atoms with Crippen LogP contribution in [0.3, 0.4) is 0 Å². The monoisotopic (exact) mass is 309 g/mol. The van der Waals surface area contributed by atoms with Gasteiger partial charge in [-0.3, -0.25) is 4.79 Å². The first-order valence-corrected chi connectivity index (χ1v) is 7.45. The van der Waals surface area contributed by atoms with Crippen molar-refractivity contribution in [2.75, 3.05) is 0 Å². The highest BCUT2D eigenvalue weighted by molar-refractivity contribution is 5.80. The summed E-state index contributed by atoms with van der Waals surface area (Å²) in [6.45, 7) is 3.50. The second-order valence-electron chi connectivity index (χ2n) is 4.96. The number of hydrogen-bond acceptors (Lipinski definition) is 3. The van der Waals surface area contributed by atoms with E-state index in [0.717, 1.165) is 16.7 Å². The van der Waals surface area contributed by atoms with Crippen molar-refractivity contribution >= 4 is 5.91 Å². The van der Waals surface area contributed by atoms with E-state index in [9.17, 15) is 9.59 Å². The highest BCUT2D eigenvalue weighted by Crippen LogP contribution is 2.17. The third kappa shape index (κ3) is 4.54. The van der Waals surface area contributed by atoms with E-state index in [1.165, 1.54) is 18.6 Å². The number of aromatic nitrogens is 1. The van der Waals surface area contributed by atoms with Crippen molar-refractivity contribution in [1.82, 2.24) is 4.74 Å². The Morgan fingerprint density at radius 3 is 2.04 bits per heavy atom. The van der Waals surface area contributed by atoms with Crippen LogP contribution in [-0.4, -0.2) is 10.6 Å². The number of benzene rings is 2. The van der Waals surface area contributed by atoms with E-state index in [2.05, 4.69) is 31.2 Å². The third-order valence-electron chi connectivity index (χ3n) is 3.26. The van der Waals surface area contributed by atoms with Gasteiger partial charge in [-0.2, -0.15) is 0 Å². The lowest BCUT2D eigenvalue weighted by molar-refractivity contribution is 0.0817. The molecule has 0 saturated heterocycles. The molecule has 0 spiro atoms. The molecule has 0 bridgehead atoms. The molecule has 0 N–H and O–H groups in total. The SMILES string of the molecule is CC(=O)n1oc(=O)cc1-c1ccccc1.CCc1ccccc1. The zero-order valence-electron chi connectivity index (χ0n) is 13.2. The minimum absolute atomic E-state index is 0.323. The average molecular weight is 309 g/mol. The molecule has 0 saturated carbocycles. The molecule has 0 aliphatic rings. The van der Waals surface area contributed by atoms with Crippen LogP contribution in [0.5, 0.6) is 0 Å². The lowest BCUT2D eigenvalue weighted by Crippen LogP contribution is -2.06. The molecular formula is C19H19NO3. The maximum absolute atomic E-state index is 11.2. The summed E-state index contributed by atoms with van der Waals surface area (Å²) in [4.78, 5) is 22.2. The maximum atomic E-state index is 11.2. The molecule has 3 rings (SSSR count). The minimum Gasteiger partial charge on any atom is -0.328 e. The van der Waals surface area contributed by atoms with Crippen LogP contribution in [0.15, 0.2) is 76.0 Å². The van der Waals surface area contributed by atoms with Crippen molar-refractivity contribution in [2.45, 2.75) is 20.3 Å². The van der Waals surface area contributed by atoms with E-state index in [-0.39, 0.29) is 5.91 Å². The highest BCUT2D eigenvalue weighted by atomic mass is 16.5. The van der Waals surface area contributed by atoms with Gasteiger partial charge in [0.1, 0.15) is 0 Å². The molecule has 0 radical (unpaired) electrons. The van der Waals surface area contributed by atoms with Crippen molar-refractivity contribution < 1.29 is 9.32 Å². The van der Waals surface area contributed by atoms with Crippen molar-refractivity contribution in [3.63, 3.8) is 0 Å². The molecule has 4 nitrogen and oxygen atoms in total. The average Bonchev–Trinajstić information content (AvgIpc) is 2.99. The summed E-state index contributed by atoms with van der Waals surface area (Å²) in [6.07, 6.45) is 1.14. The first kappa shape index (κ1) is 16.5. The molecule has 3 aromatic rings. The smallest absolute Gasteiger partial charge is 0.328 e. The number of nitrogens with zero attached hydrogens (tertiary/aromatic N) is 1. The Hall–Kier alpha value is -2.88. The fourth-order valence-corrected chi connectivity index (χ4v) is 2.09. The van der Waals surface area contributed by atoms with E-state index < -0.39 is 5.63 Å². The number of aryl methyl sites for hydroxylation is 1. The molecular weight excluding hydrogens is 290 g/mol. The predicted molar refractivity (Wildman–Crippen MR) is 90.5 cm³/mol. The standard InChI is InChI=1S/C11H9NO3.C8H10/c1-8(13)12-10(7-11(14)15-12)9-5-3-2-4-6-9;1-2-8-6-4-3-5-7-8/h2-7H,1H3;3-7H,2H2,1H3. The number of hydrogen-bond donors (Lipinski definition) is 0. The Balaban J connectivity index is 0.000000203. The van der Waals surface area contributed by atoms with Gasteiger partial charge in [-0.1, -0.05) is 67.6 Å². The molecule has 0 unspecified atom stereocenters. The topological polar surface area (TPSA) is 52.2 Å². The van der Waals surface area contributed by atoms with Gasteiger partial charge in [-0.25, -0.2) is 4.79 Å². The van der Waals surface area contributed by atoms with Crippen molar-refractivity contribution in [1.29, 1.82) is 0 Å². The van der Waals surface area contributed by atoms with E-state index >= 15 is 0 Å². The summed E-state index contributed by atoms with van der Waals surface area (Å²) in [5, 5.41) is 0. The van der Waals surface area contributed by atoms with Gasteiger partial charge < -0.3 is 4.52 Å². The quantitative estimate of drug-likeness (QED) is 0.718. The van der Waals surface area contributed by atoms with Crippen LogP contribution in [0.4, 0.5) is 0 Å². The van der Waals surface area contributed by atoms with E-state index in [1.807, 2.05) is 36.4 Å². The Morgan fingerprint density at radius 1 is 1.00 bits per heavy atom. The summed E-state index contributed by atoms with van der Waals surface area (Å²) in [5.41, 5.74) is 2.14. The number of rotatable bonds is 2. The normalized spacial score (nSPS) is 9.83. The summed E-state index contributed by atoms with van der Waals surface area (Å²) < 4.78 is 5.74. The fraction of sp³-hybridized carbons (Fsp3) is 0.158. The van der Waals surface area contributed by atoms with Gasteiger partial charge in [0.25, 0.3) is 5.91 Å². The Labute approximate surface area is 135 Å². The lowest BCUT2D eigenvalue weighted by Gasteiger charge is -2.00. The van der Waals surface area contributed by atoms with Crippen LogP contribution in [0, 0.1) is 0 Å². The molecule has 2 aromatic carbocycles. The zero-order valence-corrected chi connectivity index (χ0v) is 13.2. The van der Waals surface area contributed by atoms with Crippen LogP contribution >= 0.6 is 0 Å². The van der Waals surface area contributed by atoms with Crippen LogP contribution in [0.2, 0.25) is 0 Å². The van der Waals surface area contributed by atoms with Crippen LogP contribution in [0.25, 0.3) is 11.3 Å². The van der Waals surface area contributed by atoms with Gasteiger partial charge in [0.2, 0.25) is 0 Å². The number of carbonyl (C=O) groups is 1. The summed E-state index contributed by atoms with van der Waals surface area (Å²) in [7, 11) is 0. The molecule has 0 amide bonds. The Morgan fingerprint density at radius 2 is 1.57 bits per heavy atom. The van der Waals surface area contributed by atoms with Gasteiger partial charge in [0.05, 0.1) is 11.8 Å². The molecule has 0 aliphatic heterocycles. The lowest BCUT2D eigenvalue weighted by atomic mass is 10.1. The maximum Gasteiger partial charge on any atom is 0.358 e. The zero-order chi connectivity index (χ0) is 16.7. The molecule has 4 heteroatoms.